The predicted molar refractivity (Wildman–Crippen MR) is 171 cm³/mol. The smallest absolute Gasteiger partial charge is 0.408 e. The molecule has 2 aromatic rings. The lowest BCUT2D eigenvalue weighted by Gasteiger charge is -2.39. The number of anilines is 1. The van der Waals surface area contributed by atoms with E-state index >= 15 is 0 Å². The van der Waals surface area contributed by atoms with Gasteiger partial charge in [-0.05, 0) is 95.5 Å². The van der Waals surface area contributed by atoms with Crippen molar-refractivity contribution in [2.45, 2.75) is 105 Å². The van der Waals surface area contributed by atoms with Crippen LogP contribution >= 0.6 is 11.6 Å². The van der Waals surface area contributed by atoms with Crippen molar-refractivity contribution in [1.82, 2.24) is 10.2 Å². The molecule has 0 saturated heterocycles. The van der Waals surface area contributed by atoms with Crippen LogP contribution in [0.4, 0.5) is 10.5 Å². The molecular formula is C33H47ClN4O5. The maximum atomic E-state index is 14.5. The molecule has 2 rings (SSSR count). The first kappa shape index (κ1) is 35.6. The van der Waals surface area contributed by atoms with Crippen molar-refractivity contribution in [3.63, 3.8) is 0 Å². The van der Waals surface area contributed by atoms with Crippen molar-refractivity contribution >= 4 is 41.1 Å². The van der Waals surface area contributed by atoms with Gasteiger partial charge >= 0.3 is 6.09 Å². The van der Waals surface area contributed by atoms with Gasteiger partial charge in [0.15, 0.2) is 0 Å². The van der Waals surface area contributed by atoms with Gasteiger partial charge in [0.1, 0.15) is 17.7 Å². The lowest BCUT2D eigenvalue weighted by molar-refractivity contribution is -0.144. The average molecular weight is 615 g/mol. The van der Waals surface area contributed by atoms with E-state index in [-0.39, 0.29) is 0 Å². The molecule has 0 saturated carbocycles. The number of para-hydroxylation sites is 1. The fourth-order valence-corrected chi connectivity index (χ4v) is 5.25. The highest BCUT2D eigenvalue weighted by molar-refractivity contribution is 6.34. The van der Waals surface area contributed by atoms with E-state index in [2.05, 4.69) is 24.5 Å². The van der Waals surface area contributed by atoms with E-state index in [1.54, 1.807) is 32.9 Å². The van der Waals surface area contributed by atoms with E-state index in [1.165, 1.54) is 4.90 Å². The first-order valence-corrected chi connectivity index (χ1v) is 15.0. The zero-order chi connectivity index (χ0) is 32.6. The quantitative estimate of drug-likeness (QED) is 0.256. The molecule has 2 aromatic carbocycles. The molecule has 4 N–H and O–H groups in total. The van der Waals surface area contributed by atoms with Crippen molar-refractivity contribution in [1.29, 1.82) is 0 Å². The number of primary amides is 1. The Kier molecular flexibility index (Phi) is 12.6. The summed E-state index contributed by atoms with van der Waals surface area (Å²) in [6.07, 6.45) is -0.00760. The van der Waals surface area contributed by atoms with Gasteiger partial charge in [-0.2, -0.15) is 0 Å². The van der Waals surface area contributed by atoms with E-state index in [0.29, 0.717) is 28.6 Å². The van der Waals surface area contributed by atoms with Crippen LogP contribution in [0.25, 0.3) is 0 Å². The van der Waals surface area contributed by atoms with Gasteiger partial charge in [0.25, 0.3) is 5.91 Å². The minimum absolute atomic E-state index is 0.332. The first-order valence-electron chi connectivity index (χ1n) is 14.6. The zero-order valence-corrected chi connectivity index (χ0v) is 27.6. The number of alkyl carbamates (subject to hydrolysis) is 1. The Bertz CT molecular complexity index is 1280. The standard InChI is InChI=1S/C33H47ClN4O5/c1-19(2)16-17-23(6)38(31(41)25(18-26(35)39)36-32(42)43-33(7,8)9)29(27-20(3)12-10-13-21(27)4)30(40)37-28-22(5)14-11-15-24(28)34/h10-15,19,23,25,29H,16-18H2,1-9H3,(H2,35,39)(H,36,42)(H,37,40). The second kappa shape index (κ2) is 15.2. The van der Waals surface area contributed by atoms with E-state index in [1.807, 2.05) is 52.0 Å². The molecule has 0 aliphatic rings. The molecule has 0 radical (unpaired) electrons. The number of aryl methyl sites for hydroxylation is 3. The number of nitrogens with zero attached hydrogens (tertiary/aromatic N) is 1. The van der Waals surface area contributed by atoms with Crippen LogP contribution in [0.15, 0.2) is 36.4 Å². The second-order valence-corrected chi connectivity index (χ2v) is 13.0. The van der Waals surface area contributed by atoms with Gasteiger partial charge in [-0.25, -0.2) is 4.79 Å². The Hall–Kier alpha value is -3.59. The van der Waals surface area contributed by atoms with Gasteiger partial charge in [-0.3, -0.25) is 14.4 Å². The van der Waals surface area contributed by atoms with Crippen molar-refractivity contribution in [2.24, 2.45) is 11.7 Å². The molecule has 43 heavy (non-hydrogen) atoms. The topological polar surface area (TPSA) is 131 Å². The number of carbonyl (C=O) groups excluding carboxylic acids is 4. The molecule has 0 aromatic heterocycles. The third-order valence-electron chi connectivity index (χ3n) is 7.10. The Morgan fingerprint density at radius 2 is 1.49 bits per heavy atom. The van der Waals surface area contributed by atoms with E-state index in [9.17, 15) is 19.2 Å². The zero-order valence-electron chi connectivity index (χ0n) is 26.8. The monoisotopic (exact) mass is 614 g/mol. The Balaban J connectivity index is 2.76. The Labute approximate surface area is 260 Å². The summed E-state index contributed by atoms with van der Waals surface area (Å²) in [6, 6.07) is 7.99. The van der Waals surface area contributed by atoms with E-state index in [0.717, 1.165) is 23.1 Å². The molecule has 3 unspecified atom stereocenters. The Morgan fingerprint density at radius 3 is 2.00 bits per heavy atom. The molecule has 0 aliphatic carbocycles. The number of nitrogens with two attached hydrogens (primary N) is 1. The first-order chi connectivity index (χ1) is 19.9. The number of benzene rings is 2. The maximum Gasteiger partial charge on any atom is 0.408 e. The van der Waals surface area contributed by atoms with E-state index in [4.69, 9.17) is 22.1 Å². The molecular weight excluding hydrogens is 568 g/mol. The molecule has 3 atom stereocenters. The molecule has 236 valence electrons. The normalized spacial score (nSPS) is 13.6. The van der Waals surface area contributed by atoms with Crippen LogP contribution in [-0.2, 0) is 19.1 Å². The molecule has 0 fully saturated rings. The molecule has 0 spiro atoms. The molecule has 0 aliphatic heterocycles. The van der Waals surface area contributed by atoms with Gasteiger partial charge in [0, 0.05) is 6.04 Å². The SMILES string of the molecule is Cc1cccc(Cl)c1NC(=O)C(c1c(C)cccc1C)N(C(=O)C(CC(N)=O)NC(=O)OC(C)(C)C)C(C)CCC(C)C. The third-order valence-corrected chi connectivity index (χ3v) is 7.41. The highest BCUT2D eigenvalue weighted by atomic mass is 35.5. The van der Waals surface area contributed by atoms with Crippen LogP contribution in [0.1, 0.15) is 89.1 Å². The van der Waals surface area contributed by atoms with Crippen LogP contribution in [-0.4, -0.2) is 46.4 Å². The fourth-order valence-electron chi connectivity index (χ4n) is 4.98. The van der Waals surface area contributed by atoms with Crippen molar-refractivity contribution in [2.75, 3.05) is 5.32 Å². The van der Waals surface area contributed by atoms with Gasteiger partial charge in [-0.1, -0.05) is 55.8 Å². The van der Waals surface area contributed by atoms with Gasteiger partial charge < -0.3 is 26.0 Å². The van der Waals surface area contributed by atoms with Crippen LogP contribution in [0.3, 0.4) is 0 Å². The number of hydrogen-bond donors (Lipinski definition) is 3. The minimum atomic E-state index is -1.37. The largest absolute Gasteiger partial charge is 0.444 e. The van der Waals surface area contributed by atoms with Crippen LogP contribution in [0.5, 0.6) is 0 Å². The van der Waals surface area contributed by atoms with E-state index < -0.39 is 54.0 Å². The highest BCUT2D eigenvalue weighted by Gasteiger charge is 2.40. The summed E-state index contributed by atoms with van der Waals surface area (Å²) in [7, 11) is 0. The van der Waals surface area contributed by atoms with Gasteiger partial charge in [0.2, 0.25) is 11.8 Å². The molecule has 10 heteroatoms. The number of nitrogens with one attached hydrogen (secondary N) is 2. The molecule has 0 heterocycles. The van der Waals surface area contributed by atoms with Crippen molar-refractivity contribution in [3.05, 3.63) is 63.7 Å². The lowest BCUT2D eigenvalue weighted by atomic mass is 9.91. The summed E-state index contributed by atoms with van der Waals surface area (Å²) >= 11 is 6.49. The molecule has 0 bridgehead atoms. The second-order valence-electron chi connectivity index (χ2n) is 12.6. The third kappa shape index (κ3) is 10.3. The number of amides is 4. The summed E-state index contributed by atoms with van der Waals surface area (Å²) < 4.78 is 5.39. The molecule has 4 amide bonds. The number of halogens is 1. The number of ether oxygens (including phenoxy) is 1. The van der Waals surface area contributed by atoms with Crippen LogP contribution < -0.4 is 16.4 Å². The number of carbonyl (C=O) groups is 4. The summed E-state index contributed by atoms with van der Waals surface area (Å²) in [5.41, 5.74) is 8.14. The maximum absolute atomic E-state index is 14.5. The van der Waals surface area contributed by atoms with Crippen molar-refractivity contribution < 1.29 is 23.9 Å². The van der Waals surface area contributed by atoms with Crippen LogP contribution in [0.2, 0.25) is 5.02 Å². The minimum Gasteiger partial charge on any atom is -0.444 e. The van der Waals surface area contributed by atoms with Crippen molar-refractivity contribution in [3.8, 4) is 0 Å². The van der Waals surface area contributed by atoms with Gasteiger partial charge in [0.05, 0.1) is 17.1 Å². The number of rotatable bonds is 12. The highest BCUT2D eigenvalue weighted by Crippen LogP contribution is 2.34. The van der Waals surface area contributed by atoms with Gasteiger partial charge in [-0.15, -0.1) is 0 Å². The lowest BCUT2D eigenvalue weighted by Crippen LogP contribution is -2.56. The summed E-state index contributed by atoms with van der Waals surface area (Å²) in [4.78, 5) is 55.4. The summed E-state index contributed by atoms with van der Waals surface area (Å²) in [5, 5.41) is 5.87. The predicted octanol–water partition coefficient (Wildman–Crippen LogP) is 6.37. The fraction of sp³-hybridized carbons (Fsp3) is 0.515. The molecule has 9 nitrogen and oxygen atoms in total. The van der Waals surface area contributed by atoms with Crippen LogP contribution in [0, 0.1) is 26.7 Å². The summed E-state index contributed by atoms with van der Waals surface area (Å²) in [6.45, 7) is 16.7. The average Bonchev–Trinajstić information content (AvgIpc) is 2.86. The Morgan fingerprint density at radius 1 is 0.930 bits per heavy atom. The summed E-state index contributed by atoms with van der Waals surface area (Å²) in [5.74, 6) is -1.56. The number of hydrogen-bond acceptors (Lipinski definition) is 5.